The Hall–Kier alpha value is -11.8. The Morgan fingerprint density at radius 1 is 0.432 bits per heavy atom. The number of aromatic hydroxyl groups is 4. The molecule has 7 atom stereocenters. The SMILES string of the molecule is C.CC(Cc1ccc(O)c(O)c1)NCC(C)(C)F.COC(=O)/C=C/c1ccc(C2c3c(ccc(O)c3O)CC(C)N2CC(C)(C)F)cc1.COC(=O)/C=C/c1ccc(C2c3c(ccc(OC)c3OC)CC(C)N2CC(C)(C)F)cc1.COC(=O)/C=C/c1ccc(C=O)cc1.COc1ccc2c(c1OC)C(c1ccc(/C=C/C(=O)O)cc1)N(CC(C)(C)F)C(C)C2. The third kappa shape index (κ3) is 30.0. The second kappa shape index (κ2) is 46.3. The zero-order valence-electron chi connectivity index (χ0n) is 74.3. The van der Waals surface area contributed by atoms with Crippen LogP contribution in [0.15, 0.2) is 176 Å². The van der Waals surface area contributed by atoms with Crippen LogP contribution in [0.5, 0.6) is 46.0 Å². The van der Waals surface area contributed by atoms with E-state index in [1.165, 1.54) is 91.0 Å². The minimum atomic E-state index is -1.43. The lowest BCUT2D eigenvalue weighted by Crippen LogP contribution is -2.47. The Morgan fingerprint density at radius 2 is 0.752 bits per heavy atom. The van der Waals surface area contributed by atoms with Gasteiger partial charge in [-0.1, -0.05) is 129 Å². The highest BCUT2D eigenvalue weighted by molar-refractivity contribution is 5.88. The number of halogens is 4. The molecule has 125 heavy (non-hydrogen) atoms. The van der Waals surface area contributed by atoms with Gasteiger partial charge in [0.05, 0.1) is 67.9 Å². The average Bonchev–Trinajstić information content (AvgIpc) is 0.752. The molecule has 3 heterocycles. The normalized spacial score (nSPS) is 17.3. The molecule has 0 fully saturated rings. The maximum atomic E-state index is 14.9. The van der Waals surface area contributed by atoms with E-state index in [-0.39, 0.29) is 92.9 Å². The largest absolute Gasteiger partial charge is 0.504 e. The van der Waals surface area contributed by atoms with Gasteiger partial charge in [-0.3, -0.25) is 19.5 Å². The monoisotopic (exact) mass is 1730 g/mol. The third-order valence-corrected chi connectivity index (χ3v) is 20.9. The maximum absolute atomic E-state index is 14.9. The Morgan fingerprint density at radius 3 is 1.06 bits per heavy atom. The molecule has 0 bridgehead atoms. The molecular formula is C100H124F4N4O17. The van der Waals surface area contributed by atoms with Crippen LogP contribution in [0.1, 0.15) is 197 Å². The van der Waals surface area contributed by atoms with E-state index in [0.29, 0.717) is 47.0 Å². The van der Waals surface area contributed by atoms with Gasteiger partial charge in [0.1, 0.15) is 29.0 Å². The number of carboxylic acid groups (broad SMARTS) is 1. The predicted molar refractivity (Wildman–Crippen MR) is 483 cm³/mol. The van der Waals surface area contributed by atoms with E-state index in [9.17, 15) is 62.0 Å². The number of esters is 3. The van der Waals surface area contributed by atoms with Gasteiger partial charge in [-0.2, -0.15) is 0 Å². The van der Waals surface area contributed by atoms with E-state index in [0.717, 1.165) is 92.0 Å². The van der Waals surface area contributed by atoms with Crippen LogP contribution in [0.25, 0.3) is 24.3 Å². The number of hydrogen-bond donors (Lipinski definition) is 6. The van der Waals surface area contributed by atoms with Crippen molar-refractivity contribution in [3.63, 3.8) is 0 Å². The molecular weight excluding hydrogens is 1610 g/mol. The first-order valence-electron chi connectivity index (χ1n) is 40.8. The second-order valence-corrected chi connectivity index (χ2v) is 33.3. The second-order valence-electron chi connectivity index (χ2n) is 33.3. The van der Waals surface area contributed by atoms with Crippen molar-refractivity contribution >= 4 is 54.5 Å². The summed E-state index contributed by atoms with van der Waals surface area (Å²) < 4.78 is 94.0. The van der Waals surface area contributed by atoms with E-state index in [2.05, 4.69) is 55.3 Å². The number of rotatable bonds is 27. The Balaban J connectivity index is 0.000000248. The van der Waals surface area contributed by atoms with Crippen LogP contribution in [0, 0.1) is 0 Å². The van der Waals surface area contributed by atoms with E-state index in [4.69, 9.17) is 24.1 Å². The van der Waals surface area contributed by atoms with Crippen molar-refractivity contribution < 1.29 is 100 Å². The molecule has 7 unspecified atom stereocenters. The molecule has 0 saturated carbocycles. The van der Waals surface area contributed by atoms with Gasteiger partial charge in [-0.25, -0.2) is 36.7 Å². The van der Waals surface area contributed by atoms with Crippen LogP contribution in [0.4, 0.5) is 17.6 Å². The molecule has 25 heteroatoms. The Kier molecular flexibility index (Phi) is 37.8. The summed E-state index contributed by atoms with van der Waals surface area (Å²) in [5.41, 5.74) is 8.15. The van der Waals surface area contributed by atoms with Gasteiger partial charge in [-0.15, -0.1) is 0 Å². The lowest BCUT2D eigenvalue weighted by molar-refractivity contribution is -0.135. The van der Waals surface area contributed by atoms with Gasteiger partial charge in [0.25, 0.3) is 0 Å². The molecule has 0 amide bonds. The zero-order chi connectivity index (χ0) is 91.7. The average molecular weight is 1730 g/mol. The van der Waals surface area contributed by atoms with Crippen molar-refractivity contribution in [2.24, 2.45) is 0 Å². The number of nitrogens with one attached hydrogen (secondary N) is 1. The lowest BCUT2D eigenvalue weighted by atomic mass is 9.83. The number of ether oxygens (including phenoxy) is 7. The van der Waals surface area contributed by atoms with Gasteiger partial charge in [0.2, 0.25) is 0 Å². The highest BCUT2D eigenvalue weighted by atomic mass is 19.2. The van der Waals surface area contributed by atoms with Crippen molar-refractivity contribution in [1.82, 2.24) is 20.0 Å². The molecule has 0 saturated heterocycles. The van der Waals surface area contributed by atoms with Crippen molar-refractivity contribution in [3.05, 3.63) is 259 Å². The van der Waals surface area contributed by atoms with Crippen LogP contribution >= 0.6 is 0 Å². The molecule has 6 N–H and O–H groups in total. The van der Waals surface area contributed by atoms with Crippen molar-refractivity contribution in [2.45, 2.75) is 181 Å². The number of carboxylic acids is 1. The van der Waals surface area contributed by atoms with Crippen LogP contribution in [-0.2, 0) is 59.1 Å². The van der Waals surface area contributed by atoms with Crippen molar-refractivity contribution in [2.75, 3.05) is 75.9 Å². The van der Waals surface area contributed by atoms with Gasteiger partial charge in [-0.05, 0) is 225 Å². The third-order valence-electron chi connectivity index (χ3n) is 20.9. The summed E-state index contributed by atoms with van der Waals surface area (Å²) >= 11 is 0. The fourth-order valence-electron chi connectivity index (χ4n) is 15.2. The lowest BCUT2D eigenvalue weighted by Gasteiger charge is -2.44. The van der Waals surface area contributed by atoms with Crippen LogP contribution < -0.4 is 24.3 Å². The fraction of sp³-hybridized carbons (Fsp3) is 0.390. The number of phenolic OH excluding ortho intramolecular Hbond substituents is 4. The van der Waals surface area contributed by atoms with Crippen LogP contribution in [-0.4, -0.2) is 193 Å². The van der Waals surface area contributed by atoms with Crippen molar-refractivity contribution in [1.29, 1.82) is 0 Å². The molecule has 674 valence electrons. The standard InChI is InChI=1S/C26H32FNO4.C25H30FNO4.C24H28FNO4.C13H20FNO2.C11H10O3.CH4/c1-17-15-20-12-13-21(30-4)25(32-6)23(20)24(28(17)16-26(2,3)27)19-10-7-18(8-11-19)9-14-22(29)31-5;1-16-14-19-11-12-20(30-4)24(31-5)22(19)23(27(16)15-25(2,3)26)18-9-6-17(7-10-18)8-13-21(28)29;1-15-13-18-10-11-19(27)23(29)21(18)22(26(15)14-24(2,3)25)17-8-5-16(6-9-17)7-12-20(28)30-4;1-9(15-8-13(2,3)14)6-10-4-5-11(16)12(17)7-10;1-14-11(13)7-6-9-2-4-10(8-12)5-3-9;/h7-14,17,24H,15-16H2,1-6H3;6-13,16,23H,14-15H2,1-5H3,(H,28,29);5-12,15,22,27,29H,13-14H2,1-4H3;4-5,7,9,15-17H,6,8H2,1-3H3;2-8H,1H3;1H4/b14-9+;13-8+;12-7+;;7-6+;. The zero-order valence-corrected chi connectivity index (χ0v) is 74.3. The van der Waals surface area contributed by atoms with Crippen LogP contribution in [0.3, 0.4) is 0 Å². The molecule has 11 rings (SSSR count). The first-order chi connectivity index (χ1) is 58.5. The molecule has 8 aromatic rings. The Labute approximate surface area is 733 Å². The topological polar surface area (TPSA) is 273 Å². The number of aliphatic carboxylic acids is 1. The molecule has 3 aliphatic rings. The van der Waals surface area contributed by atoms with Gasteiger partial charge >= 0.3 is 23.9 Å². The summed E-state index contributed by atoms with van der Waals surface area (Å²) in [7, 11) is 10.5. The van der Waals surface area contributed by atoms with Gasteiger partial charge in [0.15, 0.2) is 46.0 Å². The summed E-state index contributed by atoms with van der Waals surface area (Å²) in [5.74, 6) is -0.207. The van der Waals surface area contributed by atoms with E-state index < -0.39 is 52.6 Å². The highest BCUT2D eigenvalue weighted by Crippen LogP contribution is 2.51. The summed E-state index contributed by atoms with van der Waals surface area (Å²) in [6.07, 6.45) is 15.4. The molecule has 0 aliphatic carbocycles. The number of alkyl halides is 4. The minimum Gasteiger partial charge on any atom is -0.504 e. The number of aldehydes is 1. The number of benzene rings is 8. The number of methoxy groups -OCH3 is 7. The predicted octanol–water partition coefficient (Wildman–Crippen LogP) is 18.9. The van der Waals surface area contributed by atoms with E-state index >= 15 is 0 Å². The fourth-order valence-corrected chi connectivity index (χ4v) is 15.2. The maximum Gasteiger partial charge on any atom is 0.330 e. The first-order valence-corrected chi connectivity index (χ1v) is 40.8. The number of carbonyl (C=O) groups is 5. The summed E-state index contributed by atoms with van der Waals surface area (Å²) in [6, 6.07) is 45.5. The first kappa shape index (κ1) is 102. The number of carbonyl (C=O) groups excluding carboxylic acids is 4. The minimum absolute atomic E-state index is 0. The molecule has 3 aliphatic heterocycles. The molecule has 0 aromatic heterocycles. The molecule has 0 spiro atoms. The van der Waals surface area contributed by atoms with E-state index in [1.807, 2.05) is 110 Å². The summed E-state index contributed by atoms with van der Waals surface area (Å²) in [5, 5.41) is 51.3. The summed E-state index contributed by atoms with van der Waals surface area (Å²) in [4.78, 5) is 61.0. The quantitative estimate of drug-likeness (QED) is 0.00697. The molecule has 21 nitrogen and oxygen atoms in total. The van der Waals surface area contributed by atoms with Gasteiger partial charge in [0, 0.05) is 96.9 Å². The smallest absolute Gasteiger partial charge is 0.330 e. The number of nitrogens with zero attached hydrogens (tertiary/aromatic N) is 3. The van der Waals surface area contributed by atoms with Crippen molar-refractivity contribution in [3.8, 4) is 46.0 Å². The highest BCUT2D eigenvalue weighted by Gasteiger charge is 2.43. The van der Waals surface area contributed by atoms with Gasteiger partial charge < -0.3 is 64.0 Å². The number of phenols is 4. The summed E-state index contributed by atoms with van der Waals surface area (Å²) in [6.45, 7) is 21.8. The number of fused-ring (bicyclic) bond motifs is 3. The molecule has 8 aromatic carbocycles. The van der Waals surface area contributed by atoms with Crippen LogP contribution in [0.2, 0.25) is 0 Å². The Bertz CT molecular complexity index is 5010. The van der Waals surface area contributed by atoms with E-state index in [1.54, 1.807) is 111 Å². The molecule has 0 radical (unpaired) electrons. The number of hydrogen-bond acceptors (Lipinski definition) is 20.